The summed E-state index contributed by atoms with van der Waals surface area (Å²) in [7, 11) is 0. The van der Waals surface area contributed by atoms with Gasteiger partial charge in [0.25, 0.3) is 0 Å². The molecule has 0 aliphatic carbocycles. The lowest BCUT2D eigenvalue weighted by atomic mass is 10.0. The molecule has 0 saturated carbocycles. The molecule has 3 heteroatoms. The molecule has 182 valence electrons. The zero-order valence-corrected chi connectivity index (χ0v) is 21.7. The van der Waals surface area contributed by atoms with Crippen LogP contribution in [0.2, 0.25) is 0 Å². The summed E-state index contributed by atoms with van der Waals surface area (Å²) >= 11 is 1.83. The third-order valence-corrected chi connectivity index (χ3v) is 9.14. The smallest absolute Gasteiger partial charge is 0.144 e. The molecular weight excluding hydrogens is 494 g/mol. The lowest BCUT2D eigenvalue weighted by Crippen LogP contribution is -1.93. The second-order valence-electron chi connectivity index (χ2n) is 10.1. The Morgan fingerprint density at radius 1 is 0.487 bits per heavy atom. The normalized spacial score (nSPS) is 12.1. The first kappa shape index (κ1) is 21.1. The second-order valence-corrected chi connectivity index (χ2v) is 11.2. The minimum absolute atomic E-state index is 0.942. The van der Waals surface area contributed by atoms with E-state index in [1.165, 1.54) is 47.4 Å². The van der Waals surface area contributed by atoms with Crippen molar-refractivity contribution in [2.45, 2.75) is 0 Å². The van der Waals surface area contributed by atoms with Crippen LogP contribution < -0.4 is 0 Å². The molecule has 0 fully saturated rings. The van der Waals surface area contributed by atoms with Crippen LogP contribution in [0.1, 0.15) is 0 Å². The van der Waals surface area contributed by atoms with E-state index in [0.717, 1.165) is 33.4 Å². The molecular formula is C36H21NOS. The van der Waals surface area contributed by atoms with Crippen LogP contribution in [0.4, 0.5) is 0 Å². The first-order valence-corrected chi connectivity index (χ1v) is 14.0. The summed E-state index contributed by atoms with van der Waals surface area (Å²) in [5, 5.41) is 7.32. The summed E-state index contributed by atoms with van der Waals surface area (Å²) in [6.07, 6.45) is 0. The quantitative estimate of drug-likeness (QED) is 0.224. The maximum Gasteiger partial charge on any atom is 0.144 e. The predicted molar refractivity (Wildman–Crippen MR) is 166 cm³/mol. The van der Waals surface area contributed by atoms with E-state index in [4.69, 9.17) is 4.42 Å². The van der Waals surface area contributed by atoms with E-state index >= 15 is 0 Å². The average molecular weight is 516 g/mol. The maximum absolute atomic E-state index is 6.80. The van der Waals surface area contributed by atoms with Crippen molar-refractivity contribution in [2.75, 3.05) is 0 Å². The Bertz CT molecular complexity index is 2390. The molecule has 2 nitrogen and oxygen atoms in total. The number of rotatable bonds is 2. The van der Waals surface area contributed by atoms with Gasteiger partial charge in [0.1, 0.15) is 11.2 Å². The highest BCUT2D eigenvalue weighted by Crippen LogP contribution is 2.44. The predicted octanol–water partition coefficient (Wildman–Crippen LogP) is 10.7. The van der Waals surface area contributed by atoms with Crippen LogP contribution in [0.5, 0.6) is 0 Å². The molecule has 9 aromatic rings. The molecule has 0 saturated heterocycles. The molecule has 0 unspecified atom stereocenters. The fraction of sp³-hybridized carbons (Fsp3) is 0. The average Bonchev–Trinajstić information content (AvgIpc) is 3.66. The number of benzene rings is 6. The standard InChI is InChI=1S/C36H21NOS/c1-2-9-23(10-3-1)37-30-15-6-4-11-25(30)26-18-17-22(21-31(26)37)24-13-8-14-27-28-19-20-33-34(36(28)38-35(24)27)29-12-5-7-16-32(29)39-33/h1-21H. The van der Waals surface area contributed by atoms with E-state index in [2.05, 4.69) is 132 Å². The largest absolute Gasteiger partial charge is 0.455 e. The van der Waals surface area contributed by atoms with Crippen LogP contribution in [-0.4, -0.2) is 4.57 Å². The second kappa shape index (κ2) is 7.83. The molecule has 0 radical (unpaired) electrons. The monoisotopic (exact) mass is 515 g/mol. The lowest BCUT2D eigenvalue weighted by Gasteiger charge is -2.09. The highest BCUT2D eigenvalue weighted by atomic mass is 32.1. The Kier molecular flexibility index (Phi) is 4.24. The lowest BCUT2D eigenvalue weighted by molar-refractivity contribution is 0.674. The summed E-state index contributed by atoms with van der Waals surface area (Å²) in [5.74, 6) is 0. The van der Waals surface area contributed by atoms with Gasteiger partial charge in [-0.2, -0.15) is 0 Å². The molecule has 6 aromatic carbocycles. The van der Waals surface area contributed by atoms with Gasteiger partial charge in [0.2, 0.25) is 0 Å². The molecule has 0 aliphatic rings. The van der Waals surface area contributed by atoms with Gasteiger partial charge in [-0.3, -0.25) is 0 Å². The first-order valence-electron chi connectivity index (χ1n) is 13.2. The van der Waals surface area contributed by atoms with Crippen molar-refractivity contribution < 1.29 is 4.42 Å². The van der Waals surface area contributed by atoms with Gasteiger partial charge >= 0.3 is 0 Å². The van der Waals surface area contributed by atoms with E-state index in [9.17, 15) is 0 Å². The molecule has 0 bridgehead atoms. The van der Waals surface area contributed by atoms with Gasteiger partial charge in [0, 0.05) is 53.0 Å². The van der Waals surface area contributed by atoms with Gasteiger partial charge in [0.15, 0.2) is 0 Å². The maximum atomic E-state index is 6.80. The van der Waals surface area contributed by atoms with E-state index in [0.29, 0.717) is 0 Å². The number of furan rings is 1. The van der Waals surface area contributed by atoms with E-state index in [-0.39, 0.29) is 0 Å². The molecule has 39 heavy (non-hydrogen) atoms. The Morgan fingerprint density at radius 3 is 2.13 bits per heavy atom. The molecule has 3 heterocycles. The van der Waals surface area contributed by atoms with Crippen molar-refractivity contribution >= 4 is 75.3 Å². The van der Waals surface area contributed by atoms with Crippen molar-refractivity contribution in [2.24, 2.45) is 0 Å². The summed E-state index contributed by atoms with van der Waals surface area (Å²) < 4.78 is 11.7. The number of thiophene rings is 1. The van der Waals surface area contributed by atoms with Gasteiger partial charge in [-0.25, -0.2) is 0 Å². The first-order chi connectivity index (χ1) is 19.3. The zero-order chi connectivity index (χ0) is 25.5. The Hall–Kier alpha value is -4.86. The molecule has 0 aliphatic heterocycles. The molecule has 0 amide bonds. The van der Waals surface area contributed by atoms with Crippen LogP contribution in [0.15, 0.2) is 132 Å². The highest BCUT2D eigenvalue weighted by Gasteiger charge is 2.18. The number of fused-ring (bicyclic) bond motifs is 10. The number of nitrogens with zero attached hydrogens (tertiary/aromatic N) is 1. The van der Waals surface area contributed by atoms with E-state index in [1.807, 2.05) is 11.3 Å². The van der Waals surface area contributed by atoms with Crippen molar-refractivity contribution in [3.63, 3.8) is 0 Å². The van der Waals surface area contributed by atoms with Gasteiger partial charge < -0.3 is 8.98 Å². The summed E-state index contributed by atoms with van der Waals surface area (Å²) in [5.41, 5.74) is 7.75. The summed E-state index contributed by atoms with van der Waals surface area (Å²) in [6, 6.07) is 45.7. The van der Waals surface area contributed by atoms with Crippen LogP contribution >= 0.6 is 11.3 Å². The van der Waals surface area contributed by atoms with Crippen molar-refractivity contribution in [3.05, 3.63) is 127 Å². The van der Waals surface area contributed by atoms with Crippen LogP contribution in [0.3, 0.4) is 0 Å². The number of aromatic nitrogens is 1. The molecule has 0 spiro atoms. The van der Waals surface area contributed by atoms with Crippen LogP contribution in [-0.2, 0) is 0 Å². The topological polar surface area (TPSA) is 18.1 Å². The molecule has 0 N–H and O–H groups in total. The van der Waals surface area contributed by atoms with Gasteiger partial charge in [0.05, 0.1) is 11.0 Å². The SMILES string of the molecule is c1ccc(-n2c3ccccc3c3ccc(-c4cccc5c4oc4c5ccc5sc6ccccc6c54)cc32)cc1. The Morgan fingerprint density at radius 2 is 1.21 bits per heavy atom. The number of hydrogen-bond acceptors (Lipinski definition) is 2. The number of hydrogen-bond donors (Lipinski definition) is 0. The number of para-hydroxylation sites is 3. The fourth-order valence-electron chi connectivity index (χ4n) is 6.29. The summed E-state index contributed by atoms with van der Waals surface area (Å²) in [6.45, 7) is 0. The molecule has 0 atom stereocenters. The summed E-state index contributed by atoms with van der Waals surface area (Å²) in [4.78, 5) is 0. The third kappa shape index (κ3) is 2.91. The van der Waals surface area contributed by atoms with Gasteiger partial charge in [-0.05, 0) is 48.0 Å². The van der Waals surface area contributed by atoms with E-state index in [1.54, 1.807) is 0 Å². The fourth-order valence-corrected chi connectivity index (χ4v) is 7.39. The van der Waals surface area contributed by atoms with Crippen molar-refractivity contribution in [1.82, 2.24) is 4.57 Å². The Labute approximate surface area is 227 Å². The molecule has 3 aromatic heterocycles. The minimum atomic E-state index is 0.942. The zero-order valence-electron chi connectivity index (χ0n) is 20.9. The molecule has 9 rings (SSSR count). The highest BCUT2D eigenvalue weighted by molar-refractivity contribution is 7.26. The Balaban J connectivity index is 1.35. The van der Waals surface area contributed by atoms with Crippen LogP contribution in [0, 0.1) is 0 Å². The minimum Gasteiger partial charge on any atom is -0.455 e. The van der Waals surface area contributed by atoms with Gasteiger partial charge in [-0.1, -0.05) is 84.9 Å². The van der Waals surface area contributed by atoms with E-state index < -0.39 is 0 Å². The van der Waals surface area contributed by atoms with Gasteiger partial charge in [-0.15, -0.1) is 11.3 Å². The van der Waals surface area contributed by atoms with Crippen molar-refractivity contribution in [3.8, 4) is 16.8 Å². The van der Waals surface area contributed by atoms with Crippen molar-refractivity contribution in [1.29, 1.82) is 0 Å². The van der Waals surface area contributed by atoms with Crippen LogP contribution in [0.25, 0.3) is 80.7 Å². The third-order valence-electron chi connectivity index (χ3n) is 8.00.